The highest BCUT2D eigenvalue weighted by Gasteiger charge is 2.56. The van der Waals surface area contributed by atoms with Crippen molar-refractivity contribution in [1.82, 2.24) is 0 Å². The molecule has 0 aliphatic rings. The van der Waals surface area contributed by atoms with Crippen LogP contribution in [0.1, 0.15) is 27.7 Å². The normalized spacial score (nSPS) is 22.2. The molecule has 0 spiro atoms. The zero-order valence-corrected chi connectivity index (χ0v) is 9.44. The summed E-state index contributed by atoms with van der Waals surface area (Å²) in [5.41, 5.74) is 0. The quantitative estimate of drug-likeness (QED) is 0.506. The third-order valence-electron chi connectivity index (χ3n) is 2.59. The smallest absolute Gasteiger partial charge is 0.169 e. The Labute approximate surface area is 79.6 Å². The van der Waals surface area contributed by atoms with Crippen LogP contribution >= 0.6 is 7.26 Å². The number of hydrogen-bond acceptors (Lipinski definition) is 4. The molecule has 0 bridgehead atoms. The van der Waals surface area contributed by atoms with Crippen molar-refractivity contribution in [2.75, 3.05) is 0 Å². The lowest BCUT2D eigenvalue weighted by atomic mass is 10.8. The van der Waals surface area contributed by atoms with E-state index in [0.717, 1.165) is 0 Å². The van der Waals surface area contributed by atoms with Crippen molar-refractivity contribution in [2.45, 2.75) is 51.1 Å². The second-order valence-corrected chi connectivity index (χ2v) is 8.20. The third-order valence-corrected chi connectivity index (χ3v) is 7.77. The molecule has 0 aliphatic heterocycles. The van der Waals surface area contributed by atoms with Gasteiger partial charge in [-0.05, 0) is 27.7 Å². The van der Waals surface area contributed by atoms with Crippen molar-refractivity contribution in [3.05, 3.63) is 0 Å². The van der Waals surface area contributed by atoms with Crippen LogP contribution < -0.4 is 0 Å². The molecule has 0 saturated heterocycles. The van der Waals surface area contributed by atoms with Crippen LogP contribution in [0.5, 0.6) is 0 Å². The fourth-order valence-electron chi connectivity index (χ4n) is 1.87. The van der Waals surface area contributed by atoms with Crippen molar-refractivity contribution in [2.24, 2.45) is 0 Å². The SMILES string of the molecule is C[C@H](O)[P+]([C@H](C)O)([C@H](C)O)[C@H](C)O. The van der Waals surface area contributed by atoms with Gasteiger partial charge in [0, 0.05) is 0 Å². The Morgan fingerprint density at radius 3 is 0.769 bits per heavy atom. The maximum Gasteiger partial charge on any atom is 0.169 e. The summed E-state index contributed by atoms with van der Waals surface area (Å²) in [6.07, 6.45) is 0. The highest BCUT2D eigenvalue weighted by atomic mass is 31.2. The van der Waals surface area contributed by atoms with Gasteiger partial charge in [-0.25, -0.2) is 0 Å². The van der Waals surface area contributed by atoms with E-state index in [0.29, 0.717) is 0 Å². The van der Waals surface area contributed by atoms with Crippen molar-refractivity contribution in [1.29, 1.82) is 0 Å². The Hall–Kier alpha value is 0.270. The zero-order chi connectivity index (χ0) is 10.8. The standard InChI is InChI=1S/C8H20O4P/c1-5(9)13(6(2)10,7(3)11)8(4)12/h5-12H,1-4H3/q+1/t5-,6-,7-,8-/m1/s1. The number of aliphatic hydroxyl groups excluding tert-OH is 4. The molecular weight excluding hydrogens is 191 g/mol. The third kappa shape index (κ3) is 2.20. The largest absolute Gasteiger partial charge is 0.359 e. The predicted molar refractivity (Wildman–Crippen MR) is 53.6 cm³/mol. The maximum atomic E-state index is 9.54. The van der Waals surface area contributed by atoms with Crippen LogP contribution in [0.25, 0.3) is 0 Å². The summed E-state index contributed by atoms with van der Waals surface area (Å²) in [4.78, 5) is 0. The summed E-state index contributed by atoms with van der Waals surface area (Å²) in [6.45, 7) is 6.00. The minimum Gasteiger partial charge on any atom is -0.359 e. The average Bonchev–Trinajstić information content (AvgIpc) is 1.82. The van der Waals surface area contributed by atoms with Crippen molar-refractivity contribution in [3.8, 4) is 0 Å². The average molecular weight is 211 g/mol. The van der Waals surface area contributed by atoms with Crippen LogP contribution in [0.2, 0.25) is 0 Å². The highest BCUT2D eigenvalue weighted by molar-refractivity contribution is 7.77. The summed E-state index contributed by atoms with van der Waals surface area (Å²) >= 11 is 0. The predicted octanol–water partition coefficient (Wildman–Crippen LogP) is 0.357. The van der Waals surface area contributed by atoms with Gasteiger partial charge >= 0.3 is 0 Å². The zero-order valence-electron chi connectivity index (χ0n) is 8.55. The van der Waals surface area contributed by atoms with E-state index in [1.165, 1.54) is 27.7 Å². The van der Waals surface area contributed by atoms with Gasteiger partial charge in [-0.15, -0.1) is 0 Å². The summed E-state index contributed by atoms with van der Waals surface area (Å²) in [6, 6.07) is 0. The highest BCUT2D eigenvalue weighted by Crippen LogP contribution is 2.70. The summed E-state index contributed by atoms with van der Waals surface area (Å²) in [7, 11) is -2.56. The van der Waals surface area contributed by atoms with Crippen molar-refractivity contribution in [3.63, 3.8) is 0 Å². The van der Waals surface area contributed by atoms with Gasteiger partial charge in [-0.1, -0.05) is 0 Å². The van der Waals surface area contributed by atoms with Gasteiger partial charge in [0.1, 0.15) is 7.26 Å². The van der Waals surface area contributed by atoms with Crippen LogP contribution in [-0.4, -0.2) is 43.8 Å². The van der Waals surface area contributed by atoms with E-state index in [-0.39, 0.29) is 0 Å². The first-order valence-electron chi connectivity index (χ1n) is 4.37. The summed E-state index contributed by atoms with van der Waals surface area (Å²) in [5.74, 6) is -3.47. The molecule has 0 saturated carbocycles. The number of rotatable bonds is 4. The van der Waals surface area contributed by atoms with E-state index in [1.807, 2.05) is 0 Å². The molecule has 0 aromatic rings. The molecule has 0 unspecified atom stereocenters. The van der Waals surface area contributed by atoms with Crippen LogP contribution in [-0.2, 0) is 0 Å². The van der Waals surface area contributed by atoms with E-state index < -0.39 is 30.6 Å². The first-order valence-corrected chi connectivity index (χ1v) is 6.44. The number of aliphatic hydroxyl groups is 4. The van der Waals surface area contributed by atoms with Gasteiger partial charge in [0.25, 0.3) is 0 Å². The topological polar surface area (TPSA) is 80.9 Å². The van der Waals surface area contributed by atoms with Gasteiger partial charge in [0.15, 0.2) is 23.4 Å². The molecule has 0 rings (SSSR count). The molecule has 0 aliphatic carbocycles. The monoisotopic (exact) mass is 211 g/mol. The minimum absolute atomic E-state index is 0.868. The molecule has 0 heterocycles. The molecule has 5 heteroatoms. The van der Waals surface area contributed by atoms with Gasteiger partial charge in [0.2, 0.25) is 0 Å². The Morgan fingerprint density at radius 2 is 0.769 bits per heavy atom. The van der Waals surface area contributed by atoms with E-state index in [4.69, 9.17) is 0 Å². The lowest BCUT2D eigenvalue weighted by molar-refractivity contribution is 0.175. The molecule has 0 aromatic heterocycles. The maximum absolute atomic E-state index is 9.54. The van der Waals surface area contributed by atoms with E-state index in [1.54, 1.807) is 0 Å². The molecule has 0 radical (unpaired) electrons. The Kier molecular flexibility index (Phi) is 4.77. The number of hydrogen-bond donors (Lipinski definition) is 4. The Morgan fingerprint density at radius 1 is 0.615 bits per heavy atom. The summed E-state index contributed by atoms with van der Waals surface area (Å²) < 4.78 is 0. The van der Waals surface area contributed by atoms with E-state index >= 15 is 0 Å². The van der Waals surface area contributed by atoms with Crippen LogP contribution in [0, 0.1) is 0 Å². The molecule has 4 N–H and O–H groups in total. The molecule has 80 valence electrons. The molecular formula is C8H20O4P+. The molecule has 0 fully saturated rings. The Balaban J connectivity index is 5.06. The first kappa shape index (κ1) is 13.3. The van der Waals surface area contributed by atoms with Crippen LogP contribution in [0.15, 0.2) is 0 Å². The van der Waals surface area contributed by atoms with Crippen LogP contribution in [0.4, 0.5) is 0 Å². The van der Waals surface area contributed by atoms with Crippen molar-refractivity contribution < 1.29 is 20.4 Å². The van der Waals surface area contributed by atoms with Gasteiger partial charge in [0.05, 0.1) is 0 Å². The fraction of sp³-hybridized carbons (Fsp3) is 1.00. The molecule has 13 heavy (non-hydrogen) atoms. The summed E-state index contributed by atoms with van der Waals surface area (Å²) in [5, 5.41) is 38.2. The lowest BCUT2D eigenvalue weighted by Crippen LogP contribution is -2.34. The van der Waals surface area contributed by atoms with Crippen LogP contribution in [0.3, 0.4) is 0 Å². The molecule has 4 nitrogen and oxygen atoms in total. The molecule has 4 atom stereocenters. The fourth-order valence-corrected chi connectivity index (χ4v) is 5.62. The van der Waals surface area contributed by atoms with Gasteiger partial charge in [-0.3, -0.25) is 0 Å². The first-order chi connectivity index (χ1) is 5.77. The van der Waals surface area contributed by atoms with E-state index in [9.17, 15) is 20.4 Å². The second-order valence-electron chi connectivity index (χ2n) is 3.42. The second kappa shape index (κ2) is 4.67. The van der Waals surface area contributed by atoms with Crippen molar-refractivity contribution >= 4 is 7.26 Å². The lowest BCUT2D eigenvalue weighted by Gasteiger charge is -2.36. The Bertz CT molecular complexity index is 119. The molecule has 0 amide bonds. The van der Waals surface area contributed by atoms with Gasteiger partial charge < -0.3 is 20.4 Å². The van der Waals surface area contributed by atoms with E-state index in [2.05, 4.69) is 0 Å². The minimum atomic E-state index is -2.56. The molecule has 0 aromatic carbocycles. The van der Waals surface area contributed by atoms with Gasteiger partial charge in [-0.2, -0.15) is 0 Å².